The van der Waals surface area contributed by atoms with Gasteiger partial charge in [0.15, 0.2) is 0 Å². The van der Waals surface area contributed by atoms with Crippen LogP contribution in [-0.2, 0) is 0 Å². The van der Waals surface area contributed by atoms with Crippen molar-refractivity contribution in [2.75, 3.05) is 0 Å². The first-order valence-electron chi connectivity index (χ1n) is 14.1. The van der Waals surface area contributed by atoms with E-state index in [-0.39, 0.29) is 0 Å². The van der Waals surface area contributed by atoms with E-state index in [1.165, 1.54) is 70.7 Å². The Kier molecular flexibility index (Phi) is 4.67. The number of fused-ring (bicyclic) bond motifs is 8. The third-order valence-corrected chi connectivity index (χ3v) is 8.64. The van der Waals surface area contributed by atoms with Gasteiger partial charge in [-0.3, -0.25) is 0 Å². The summed E-state index contributed by atoms with van der Waals surface area (Å²) in [6.07, 6.45) is 0. The van der Waals surface area contributed by atoms with Crippen LogP contribution < -0.4 is 0 Å². The lowest BCUT2D eigenvalue weighted by molar-refractivity contribution is 0.669. The Labute approximate surface area is 236 Å². The molecule has 1 aromatic heterocycles. The van der Waals surface area contributed by atoms with Crippen LogP contribution in [0.15, 0.2) is 150 Å². The van der Waals surface area contributed by atoms with Gasteiger partial charge < -0.3 is 4.42 Å². The summed E-state index contributed by atoms with van der Waals surface area (Å²) in [4.78, 5) is 0. The van der Waals surface area contributed by atoms with Gasteiger partial charge in [0.1, 0.15) is 11.2 Å². The van der Waals surface area contributed by atoms with Crippen molar-refractivity contribution in [3.63, 3.8) is 0 Å². The van der Waals surface area contributed by atoms with Gasteiger partial charge in [-0.2, -0.15) is 0 Å². The van der Waals surface area contributed by atoms with Crippen molar-refractivity contribution in [3.8, 4) is 22.3 Å². The molecule has 0 aliphatic carbocycles. The molecule has 9 aromatic rings. The van der Waals surface area contributed by atoms with E-state index in [0.717, 1.165) is 16.6 Å². The highest BCUT2D eigenvalue weighted by atomic mass is 16.3. The molecule has 1 heteroatoms. The normalized spacial score (nSPS) is 11.9. The average Bonchev–Trinajstić information content (AvgIpc) is 3.42. The van der Waals surface area contributed by atoms with Gasteiger partial charge in [-0.15, -0.1) is 0 Å². The molecule has 190 valence electrons. The maximum Gasteiger partial charge on any atom is 0.136 e. The molecule has 0 aliphatic heterocycles. The molecule has 1 heterocycles. The minimum absolute atomic E-state index is 0.919. The maximum atomic E-state index is 6.30. The number of hydrogen-bond donors (Lipinski definition) is 0. The fraction of sp³-hybridized carbons (Fsp3) is 0. The molecule has 0 fully saturated rings. The summed E-state index contributed by atoms with van der Waals surface area (Å²) in [6, 6.07) is 52.6. The van der Waals surface area contributed by atoms with Gasteiger partial charge in [0.2, 0.25) is 0 Å². The van der Waals surface area contributed by atoms with E-state index >= 15 is 0 Å². The highest BCUT2D eigenvalue weighted by Gasteiger charge is 2.20. The molecule has 0 saturated heterocycles. The van der Waals surface area contributed by atoms with Crippen LogP contribution in [0.3, 0.4) is 0 Å². The monoisotopic (exact) mass is 520 g/mol. The zero-order valence-corrected chi connectivity index (χ0v) is 22.3. The van der Waals surface area contributed by atoms with E-state index in [4.69, 9.17) is 4.42 Å². The van der Waals surface area contributed by atoms with Crippen molar-refractivity contribution in [2.45, 2.75) is 0 Å². The van der Waals surface area contributed by atoms with Crippen molar-refractivity contribution in [1.82, 2.24) is 0 Å². The summed E-state index contributed by atoms with van der Waals surface area (Å²) >= 11 is 0. The molecule has 0 saturated carbocycles. The molecule has 0 N–H and O–H groups in total. The summed E-state index contributed by atoms with van der Waals surface area (Å²) in [5.74, 6) is 0. The molecule has 1 nitrogen and oxygen atoms in total. The van der Waals surface area contributed by atoms with Gasteiger partial charge in [-0.1, -0.05) is 127 Å². The molecule has 0 amide bonds. The zero-order chi connectivity index (χ0) is 26.9. The van der Waals surface area contributed by atoms with Crippen LogP contribution in [0.1, 0.15) is 0 Å². The molecule has 0 spiro atoms. The molecule has 0 radical (unpaired) electrons. The Morgan fingerprint density at radius 3 is 1.66 bits per heavy atom. The Hall–Kier alpha value is -5.40. The molecular formula is C40H24O. The van der Waals surface area contributed by atoms with Crippen LogP contribution in [0.25, 0.3) is 87.3 Å². The minimum atomic E-state index is 0.919. The number of benzene rings is 8. The second kappa shape index (κ2) is 8.55. The second-order valence-corrected chi connectivity index (χ2v) is 10.8. The van der Waals surface area contributed by atoms with Crippen LogP contribution in [0.5, 0.6) is 0 Å². The first kappa shape index (κ1) is 22.4. The standard InChI is InChI=1S/C40H24O/c1-2-11-28-25(10-1)20-21-26-24-27(22-23-29(26)28)38-30-12-3-5-14-32(30)39(33-15-6-4-13-31(33)38)35-17-9-19-37-40(35)34-16-7-8-18-36(34)41-37/h1-24H. The second-order valence-electron chi connectivity index (χ2n) is 10.8. The Balaban J connectivity index is 1.40. The highest BCUT2D eigenvalue weighted by Crippen LogP contribution is 2.47. The summed E-state index contributed by atoms with van der Waals surface area (Å²) in [7, 11) is 0. The van der Waals surface area contributed by atoms with Crippen molar-refractivity contribution in [3.05, 3.63) is 146 Å². The first-order chi connectivity index (χ1) is 20.3. The van der Waals surface area contributed by atoms with Crippen molar-refractivity contribution < 1.29 is 4.42 Å². The van der Waals surface area contributed by atoms with E-state index in [9.17, 15) is 0 Å². The number of hydrogen-bond acceptors (Lipinski definition) is 1. The topological polar surface area (TPSA) is 13.1 Å². The molecule has 0 bridgehead atoms. The molecule has 8 aromatic carbocycles. The van der Waals surface area contributed by atoms with Gasteiger partial charge in [-0.25, -0.2) is 0 Å². The molecule has 41 heavy (non-hydrogen) atoms. The fourth-order valence-corrected chi connectivity index (χ4v) is 6.88. The zero-order valence-electron chi connectivity index (χ0n) is 22.3. The van der Waals surface area contributed by atoms with Gasteiger partial charge in [-0.05, 0) is 83.5 Å². The Bertz CT molecular complexity index is 2420. The largest absolute Gasteiger partial charge is 0.456 e. The van der Waals surface area contributed by atoms with Gasteiger partial charge in [0.25, 0.3) is 0 Å². The molecule has 0 atom stereocenters. The van der Waals surface area contributed by atoms with Crippen LogP contribution in [-0.4, -0.2) is 0 Å². The molecule has 9 rings (SSSR count). The number of furan rings is 1. The Morgan fingerprint density at radius 1 is 0.341 bits per heavy atom. The lowest BCUT2D eigenvalue weighted by Gasteiger charge is -2.18. The van der Waals surface area contributed by atoms with Crippen molar-refractivity contribution in [2.24, 2.45) is 0 Å². The quantitative estimate of drug-likeness (QED) is 0.163. The third-order valence-electron chi connectivity index (χ3n) is 8.64. The Morgan fingerprint density at radius 2 is 0.902 bits per heavy atom. The summed E-state index contributed by atoms with van der Waals surface area (Å²) in [6.45, 7) is 0. The van der Waals surface area contributed by atoms with Gasteiger partial charge in [0, 0.05) is 10.8 Å². The van der Waals surface area contributed by atoms with Crippen LogP contribution >= 0.6 is 0 Å². The van der Waals surface area contributed by atoms with Crippen LogP contribution in [0.2, 0.25) is 0 Å². The van der Waals surface area contributed by atoms with E-state index in [1.807, 2.05) is 6.07 Å². The number of para-hydroxylation sites is 1. The lowest BCUT2D eigenvalue weighted by Crippen LogP contribution is -1.91. The summed E-state index contributed by atoms with van der Waals surface area (Å²) < 4.78 is 6.30. The van der Waals surface area contributed by atoms with E-state index in [2.05, 4.69) is 140 Å². The molecule has 0 unspecified atom stereocenters. The molecular weight excluding hydrogens is 496 g/mol. The predicted octanol–water partition coefficient (Wildman–Crippen LogP) is 11.5. The maximum absolute atomic E-state index is 6.30. The fourth-order valence-electron chi connectivity index (χ4n) is 6.88. The van der Waals surface area contributed by atoms with Crippen LogP contribution in [0.4, 0.5) is 0 Å². The first-order valence-corrected chi connectivity index (χ1v) is 14.1. The van der Waals surface area contributed by atoms with Crippen molar-refractivity contribution in [1.29, 1.82) is 0 Å². The lowest BCUT2D eigenvalue weighted by atomic mass is 9.84. The predicted molar refractivity (Wildman–Crippen MR) is 175 cm³/mol. The highest BCUT2D eigenvalue weighted by molar-refractivity contribution is 6.26. The summed E-state index contributed by atoms with van der Waals surface area (Å²) in [5, 5.41) is 12.4. The average molecular weight is 521 g/mol. The third kappa shape index (κ3) is 3.24. The van der Waals surface area contributed by atoms with Gasteiger partial charge in [0.05, 0.1) is 0 Å². The van der Waals surface area contributed by atoms with E-state index in [0.29, 0.717) is 0 Å². The SMILES string of the molecule is c1ccc2c(c1)ccc1cc(-c3c4ccccc4c(-c4cccc5oc6ccccc6c45)c4ccccc34)ccc12. The smallest absolute Gasteiger partial charge is 0.136 e. The summed E-state index contributed by atoms with van der Waals surface area (Å²) in [5.41, 5.74) is 6.81. The van der Waals surface area contributed by atoms with E-state index < -0.39 is 0 Å². The number of rotatable bonds is 2. The van der Waals surface area contributed by atoms with Crippen molar-refractivity contribution >= 4 is 65.0 Å². The molecule has 0 aliphatic rings. The van der Waals surface area contributed by atoms with E-state index in [1.54, 1.807) is 0 Å². The van der Waals surface area contributed by atoms with Gasteiger partial charge >= 0.3 is 0 Å². The minimum Gasteiger partial charge on any atom is -0.456 e. The van der Waals surface area contributed by atoms with Crippen LogP contribution in [0, 0.1) is 0 Å².